The van der Waals surface area contributed by atoms with Crippen LogP contribution in [0.5, 0.6) is 0 Å². The van der Waals surface area contributed by atoms with Gasteiger partial charge in [0.25, 0.3) is 5.91 Å². The maximum atomic E-state index is 12.1. The fourth-order valence-corrected chi connectivity index (χ4v) is 2.88. The van der Waals surface area contributed by atoms with Crippen molar-refractivity contribution >= 4 is 11.6 Å². The Morgan fingerprint density at radius 2 is 1.80 bits per heavy atom. The first-order valence-corrected chi connectivity index (χ1v) is 7.65. The molecule has 0 saturated heterocycles. The number of nitrogens with zero attached hydrogens (tertiary/aromatic N) is 1. The minimum absolute atomic E-state index is 0.0717. The van der Waals surface area contributed by atoms with Gasteiger partial charge in [-0.2, -0.15) is 0 Å². The quantitative estimate of drug-likeness (QED) is 0.892. The highest BCUT2D eigenvalue weighted by molar-refractivity contribution is 5.95. The predicted octanol–water partition coefficient (Wildman–Crippen LogP) is 3.30. The number of hydrogen-bond acceptors (Lipinski definition) is 2. The van der Waals surface area contributed by atoms with E-state index in [4.69, 9.17) is 0 Å². The van der Waals surface area contributed by atoms with Crippen LogP contribution in [0, 0.1) is 18.8 Å². The first-order valence-electron chi connectivity index (χ1n) is 7.65. The van der Waals surface area contributed by atoms with Crippen LogP contribution in [0.1, 0.15) is 41.6 Å². The number of aryl methyl sites for hydroxylation is 1. The molecule has 0 atom stereocenters. The zero-order valence-electron chi connectivity index (χ0n) is 12.6. The molecule has 3 rings (SSSR count). The van der Waals surface area contributed by atoms with Crippen LogP contribution in [-0.2, 0) is 0 Å². The minimum atomic E-state index is 0.0717. The number of benzene rings is 1. The zero-order valence-corrected chi connectivity index (χ0v) is 12.6. The molecule has 2 saturated carbocycles. The highest BCUT2D eigenvalue weighted by Crippen LogP contribution is 2.46. The fourth-order valence-electron chi connectivity index (χ4n) is 2.88. The predicted molar refractivity (Wildman–Crippen MR) is 82.1 cm³/mol. The molecule has 0 bridgehead atoms. The second-order valence-electron chi connectivity index (χ2n) is 6.57. The van der Waals surface area contributed by atoms with Crippen LogP contribution >= 0.6 is 0 Å². The van der Waals surface area contributed by atoms with E-state index in [-0.39, 0.29) is 5.91 Å². The molecule has 2 aliphatic rings. The van der Waals surface area contributed by atoms with Crippen LogP contribution in [0.15, 0.2) is 18.2 Å². The van der Waals surface area contributed by atoms with E-state index < -0.39 is 0 Å². The molecule has 3 nitrogen and oxygen atoms in total. The maximum Gasteiger partial charge on any atom is 0.253 e. The van der Waals surface area contributed by atoms with Gasteiger partial charge in [-0.15, -0.1) is 0 Å². The summed E-state index contributed by atoms with van der Waals surface area (Å²) in [4.78, 5) is 13.7. The summed E-state index contributed by atoms with van der Waals surface area (Å²) in [5.41, 5.74) is 3.14. The molecule has 108 valence electrons. The summed E-state index contributed by atoms with van der Waals surface area (Å²) in [7, 11) is 3.60. The molecule has 1 amide bonds. The second-order valence-corrected chi connectivity index (χ2v) is 6.57. The van der Waals surface area contributed by atoms with Crippen molar-refractivity contribution < 1.29 is 4.79 Å². The number of amides is 1. The van der Waals surface area contributed by atoms with Crippen molar-refractivity contribution in [2.45, 2.75) is 38.6 Å². The van der Waals surface area contributed by atoms with Crippen molar-refractivity contribution in [3.8, 4) is 0 Å². The largest absolute Gasteiger partial charge is 0.382 e. The van der Waals surface area contributed by atoms with E-state index in [1.165, 1.54) is 31.2 Å². The first kappa shape index (κ1) is 13.5. The van der Waals surface area contributed by atoms with E-state index >= 15 is 0 Å². The van der Waals surface area contributed by atoms with Gasteiger partial charge in [-0.1, -0.05) is 6.07 Å². The lowest BCUT2D eigenvalue weighted by Crippen LogP contribution is -2.25. The SMILES string of the molecule is Cc1ccc(C(=O)N(C)C)cc1NC(C1CC1)C1CC1. The smallest absolute Gasteiger partial charge is 0.253 e. The van der Waals surface area contributed by atoms with Gasteiger partial charge in [-0.05, 0) is 62.1 Å². The van der Waals surface area contributed by atoms with Crippen molar-refractivity contribution in [1.29, 1.82) is 0 Å². The highest BCUT2D eigenvalue weighted by Gasteiger charge is 2.41. The Balaban J connectivity index is 1.80. The Hall–Kier alpha value is -1.51. The zero-order chi connectivity index (χ0) is 14.3. The van der Waals surface area contributed by atoms with E-state index in [1.54, 1.807) is 19.0 Å². The van der Waals surface area contributed by atoms with Gasteiger partial charge in [0.15, 0.2) is 0 Å². The average molecular weight is 272 g/mol. The highest BCUT2D eigenvalue weighted by atomic mass is 16.2. The molecular weight excluding hydrogens is 248 g/mol. The van der Waals surface area contributed by atoms with Crippen LogP contribution in [0.4, 0.5) is 5.69 Å². The van der Waals surface area contributed by atoms with Gasteiger partial charge in [0.2, 0.25) is 0 Å². The summed E-state index contributed by atoms with van der Waals surface area (Å²) < 4.78 is 0. The molecule has 1 aromatic carbocycles. The third-order valence-electron chi connectivity index (χ3n) is 4.47. The molecule has 20 heavy (non-hydrogen) atoms. The number of rotatable bonds is 5. The van der Waals surface area contributed by atoms with Crippen LogP contribution < -0.4 is 5.32 Å². The molecular formula is C17H24N2O. The van der Waals surface area contributed by atoms with Crippen LogP contribution in [0.2, 0.25) is 0 Å². The normalized spacial score (nSPS) is 18.2. The van der Waals surface area contributed by atoms with E-state index in [2.05, 4.69) is 18.3 Å². The van der Waals surface area contributed by atoms with Crippen molar-refractivity contribution in [3.63, 3.8) is 0 Å². The van der Waals surface area contributed by atoms with Gasteiger partial charge < -0.3 is 10.2 Å². The Morgan fingerprint density at radius 3 is 2.30 bits per heavy atom. The third kappa shape index (κ3) is 2.82. The lowest BCUT2D eigenvalue weighted by Gasteiger charge is -2.21. The molecule has 1 N–H and O–H groups in total. The molecule has 2 aliphatic carbocycles. The standard InChI is InChI=1S/C17H24N2O/c1-11-4-5-14(17(20)19(2)3)10-15(11)18-16(12-6-7-12)13-8-9-13/h4-5,10,12-13,16,18H,6-9H2,1-3H3. The van der Waals surface area contributed by atoms with Gasteiger partial charge in [0.05, 0.1) is 0 Å². The van der Waals surface area contributed by atoms with E-state index in [0.717, 1.165) is 23.1 Å². The second kappa shape index (κ2) is 5.12. The van der Waals surface area contributed by atoms with Crippen LogP contribution in [0.3, 0.4) is 0 Å². The van der Waals surface area contributed by atoms with Gasteiger partial charge >= 0.3 is 0 Å². The fraction of sp³-hybridized carbons (Fsp3) is 0.588. The molecule has 3 heteroatoms. The Kier molecular flexibility index (Phi) is 3.45. The Morgan fingerprint density at radius 1 is 1.20 bits per heavy atom. The van der Waals surface area contributed by atoms with Crippen LogP contribution in [0.25, 0.3) is 0 Å². The Labute approximate surface area is 121 Å². The van der Waals surface area contributed by atoms with Crippen LogP contribution in [-0.4, -0.2) is 30.9 Å². The lowest BCUT2D eigenvalue weighted by molar-refractivity contribution is 0.0827. The summed E-state index contributed by atoms with van der Waals surface area (Å²) in [6, 6.07) is 6.62. The minimum Gasteiger partial charge on any atom is -0.382 e. The van der Waals surface area contributed by atoms with Gasteiger partial charge in [0, 0.05) is 31.4 Å². The summed E-state index contributed by atoms with van der Waals surface area (Å²) >= 11 is 0. The number of hydrogen-bond donors (Lipinski definition) is 1. The number of anilines is 1. The number of carbonyl (C=O) groups excluding carboxylic acids is 1. The molecule has 0 spiro atoms. The van der Waals surface area contributed by atoms with Gasteiger partial charge in [0.1, 0.15) is 0 Å². The van der Waals surface area contributed by atoms with Gasteiger partial charge in [-0.3, -0.25) is 4.79 Å². The number of nitrogens with one attached hydrogen (secondary N) is 1. The monoisotopic (exact) mass is 272 g/mol. The van der Waals surface area contributed by atoms with E-state index in [9.17, 15) is 4.79 Å². The molecule has 0 radical (unpaired) electrons. The van der Waals surface area contributed by atoms with Crippen molar-refractivity contribution in [2.75, 3.05) is 19.4 Å². The summed E-state index contributed by atoms with van der Waals surface area (Å²) in [6.07, 6.45) is 5.46. The number of carbonyl (C=O) groups is 1. The van der Waals surface area contributed by atoms with Gasteiger partial charge in [-0.25, -0.2) is 0 Å². The third-order valence-corrected chi connectivity index (χ3v) is 4.47. The van der Waals surface area contributed by atoms with E-state index in [1.807, 2.05) is 12.1 Å². The van der Waals surface area contributed by atoms with E-state index in [0.29, 0.717) is 6.04 Å². The molecule has 0 unspecified atom stereocenters. The molecule has 2 fully saturated rings. The summed E-state index contributed by atoms with van der Waals surface area (Å²) in [5, 5.41) is 3.73. The molecule has 0 aromatic heterocycles. The summed E-state index contributed by atoms with van der Waals surface area (Å²) in [6.45, 7) is 2.11. The first-order chi connectivity index (χ1) is 9.56. The lowest BCUT2D eigenvalue weighted by atomic mass is 10.0. The topological polar surface area (TPSA) is 32.3 Å². The molecule has 0 aliphatic heterocycles. The maximum absolute atomic E-state index is 12.1. The molecule has 1 aromatic rings. The Bertz CT molecular complexity index is 504. The summed E-state index contributed by atoms with van der Waals surface area (Å²) in [5.74, 6) is 1.78. The average Bonchev–Trinajstić information content (AvgIpc) is 3.28. The molecule has 0 heterocycles. The van der Waals surface area contributed by atoms with Crippen molar-refractivity contribution in [1.82, 2.24) is 4.90 Å². The van der Waals surface area contributed by atoms with Crippen molar-refractivity contribution in [3.05, 3.63) is 29.3 Å². The van der Waals surface area contributed by atoms with Crippen molar-refractivity contribution in [2.24, 2.45) is 11.8 Å².